The third kappa shape index (κ3) is 3.98. The van der Waals surface area contributed by atoms with Gasteiger partial charge in [-0.2, -0.15) is 9.40 Å². The van der Waals surface area contributed by atoms with E-state index in [0.29, 0.717) is 38.4 Å². The molecule has 146 valence electrons. The van der Waals surface area contributed by atoms with Gasteiger partial charge in [-0.05, 0) is 12.5 Å². The van der Waals surface area contributed by atoms with Crippen LogP contribution >= 0.6 is 11.6 Å². The van der Waals surface area contributed by atoms with E-state index >= 15 is 0 Å². The summed E-state index contributed by atoms with van der Waals surface area (Å²) in [4.78, 5) is 12.6. The number of benzene rings is 1. The van der Waals surface area contributed by atoms with Gasteiger partial charge in [0.15, 0.2) is 0 Å². The van der Waals surface area contributed by atoms with Crippen molar-refractivity contribution in [1.29, 1.82) is 0 Å². The predicted molar refractivity (Wildman–Crippen MR) is 100 cm³/mol. The molecule has 1 aliphatic heterocycles. The molecule has 3 rings (SSSR count). The fourth-order valence-electron chi connectivity index (χ4n) is 3.19. The molecule has 0 unspecified atom stereocenters. The normalized spacial score (nSPS) is 16.6. The standard InChI is InChI=1S/C16H20ClN5O4S/c1-12-15(16(17)19(2)18-12)27(25,26)21-8-6-20(7-9-21)11-13-4-3-5-14(10-13)22(23)24/h3-5,10H,6-9,11H2,1-2H3. The van der Waals surface area contributed by atoms with Gasteiger partial charge in [0.05, 0.1) is 10.6 Å². The maximum absolute atomic E-state index is 12.9. The summed E-state index contributed by atoms with van der Waals surface area (Å²) < 4.78 is 28.6. The molecule has 0 aliphatic carbocycles. The van der Waals surface area contributed by atoms with Crippen LogP contribution in [0.4, 0.5) is 5.69 Å². The van der Waals surface area contributed by atoms with E-state index in [0.717, 1.165) is 5.56 Å². The highest BCUT2D eigenvalue weighted by Gasteiger charge is 2.33. The van der Waals surface area contributed by atoms with Crippen LogP contribution in [-0.4, -0.2) is 58.5 Å². The number of nitro groups is 1. The number of rotatable bonds is 5. The maximum Gasteiger partial charge on any atom is 0.269 e. The molecule has 0 bridgehead atoms. The molecule has 0 saturated carbocycles. The third-order valence-corrected chi connectivity index (χ3v) is 7.15. The van der Waals surface area contributed by atoms with Crippen molar-refractivity contribution in [2.75, 3.05) is 26.2 Å². The summed E-state index contributed by atoms with van der Waals surface area (Å²) in [6, 6.07) is 6.48. The van der Waals surface area contributed by atoms with Crippen molar-refractivity contribution in [3.05, 3.63) is 50.8 Å². The van der Waals surface area contributed by atoms with Gasteiger partial charge in [-0.15, -0.1) is 0 Å². The molecule has 1 aromatic heterocycles. The second-order valence-corrected chi connectivity index (χ2v) is 8.67. The molecule has 11 heteroatoms. The Labute approximate surface area is 162 Å². The highest BCUT2D eigenvalue weighted by molar-refractivity contribution is 7.89. The molecule has 27 heavy (non-hydrogen) atoms. The third-order valence-electron chi connectivity index (χ3n) is 4.56. The van der Waals surface area contributed by atoms with Crippen molar-refractivity contribution in [2.45, 2.75) is 18.4 Å². The van der Waals surface area contributed by atoms with Crippen LogP contribution < -0.4 is 0 Å². The number of piperazine rings is 1. The second-order valence-electron chi connectivity index (χ2n) is 6.44. The SMILES string of the molecule is Cc1nn(C)c(Cl)c1S(=O)(=O)N1CCN(Cc2cccc([N+](=O)[O-])c2)CC1. The first-order valence-corrected chi connectivity index (χ1v) is 10.2. The summed E-state index contributed by atoms with van der Waals surface area (Å²) in [6.07, 6.45) is 0. The van der Waals surface area contributed by atoms with Gasteiger partial charge in [0.2, 0.25) is 10.0 Å². The van der Waals surface area contributed by atoms with Crippen LogP contribution in [-0.2, 0) is 23.6 Å². The Kier molecular flexibility index (Phi) is 5.52. The Morgan fingerprint density at radius 3 is 2.48 bits per heavy atom. The molecular formula is C16H20ClN5O4S. The fraction of sp³-hybridized carbons (Fsp3) is 0.438. The predicted octanol–water partition coefficient (Wildman–Crippen LogP) is 1.80. The summed E-state index contributed by atoms with van der Waals surface area (Å²) >= 11 is 6.12. The van der Waals surface area contributed by atoms with E-state index in [1.165, 1.54) is 15.1 Å². The van der Waals surface area contributed by atoms with Crippen LogP contribution in [0.25, 0.3) is 0 Å². The molecule has 0 amide bonds. The molecule has 0 radical (unpaired) electrons. The molecule has 0 spiro atoms. The number of hydrogen-bond acceptors (Lipinski definition) is 6. The summed E-state index contributed by atoms with van der Waals surface area (Å²) in [7, 11) is -2.11. The first-order valence-electron chi connectivity index (χ1n) is 8.35. The number of aryl methyl sites for hydroxylation is 2. The molecule has 1 saturated heterocycles. The zero-order valence-corrected chi connectivity index (χ0v) is 16.6. The molecule has 0 atom stereocenters. The van der Waals surface area contributed by atoms with Gasteiger partial charge in [-0.25, -0.2) is 8.42 Å². The lowest BCUT2D eigenvalue weighted by molar-refractivity contribution is -0.384. The summed E-state index contributed by atoms with van der Waals surface area (Å²) in [5, 5.41) is 15.1. The smallest absolute Gasteiger partial charge is 0.269 e. The van der Waals surface area contributed by atoms with Gasteiger partial charge < -0.3 is 0 Å². The highest BCUT2D eigenvalue weighted by atomic mass is 35.5. The average molecular weight is 414 g/mol. The van der Waals surface area contributed by atoms with Crippen molar-refractivity contribution < 1.29 is 13.3 Å². The van der Waals surface area contributed by atoms with Crippen LogP contribution in [0.5, 0.6) is 0 Å². The molecule has 0 N–H and O–H groups in total. The van der Waals surface area contributed by atoms with Gasteiger partial charge in [0.25, 0.3) is 5.69 Å². The van der Waals surface area contributed by atoms with E-state index in [1.807, 2.05) is 6.07 Å². The number of halogens is 1. The molecular weight excluding hydrogens is 394 g/mol. The van der Waals surface area contributed by atoms with Crippen LogP contribution in [0.15, 0.2) is 29.2 Å². The number of aromatic nitrogens is 2. The molecule has 1 aliphatic rings. The number of nitro benzene ring substituents is 1. The summed E-state index contributed by atoms with van der Waals surface area (Å²) in [5.74, 6) is 0. The topological polar surface area (TPSA) is 102 Å². The van der Waals surface area contributed by atoms with Gasteiger partial charge in [0.1, 0.15) is 10.0 Å². The Bertz CT molecular complexity index is 967. The van der Waals surface area contributed by atoms with Crippen LogP contribution in [0.3, 0.4) is 0 Å². The summed E-state index contributed by atoms with van der Waals surface area (Å²) in [5.41, 5.74) is 1.25. The highest BCUT2D eigenvalue weighted by Crippen LogP contribution is 2.28. The monoisotopic (exact) mass is 413 g/mol. The van der Waals surface area contributed by atoms with E-state index in [-0.39, 0.29) is 15.7 Å². The van der Waals surface area contributed by atoms with Gasteiger partial charge in [0, 0.05) is 51.9 Å². The number of sulfonamides is 1. The minimum Gasteiger partial charge on any atom is -0.296 e. The van der Waals surface area contributed by atoms with E-state index < -0.39 is 14.9 Å². The maximum atomic E-state index is 12.9. The lowest BCUT2D eigenvalue weighted by Crippen LogP contribution is -2.48. The second kappa shape index (κ2) is 7.55. The first-order chi connectivity index (χ1) is 12.7. The zero-order chi connectivity index (χ0) is 19.8. The molecule has 2 heterocycles. The van der Waals surface area contributed by atoms with E-state index in [1.54, 1.807) is 26.1 Å². The number of hydrogen-bond donors (Lipinski definition) is 0. The van der Waals surface area contributed by atoms with Gasteiger partial charge >= 0.3 is 0 Å². The molecule has 9 nitrogen and oxygen atoms in total. The molecule has 1 fully saturated rings. The Hall–Kier alpha value is -2.01. The van der Waals surface area contributed by atoms with Crippen molar-refractivity contribution in [3.8, 4) is 0 Å². The average Bonchev–Trinajstić information content (AvgIpc) is 2.88. The van der Waals surface area contributed by atoms with E-state index in [9.17, 15) is 18.5 Å². The lowest BCUT2D eigenvalue weighted by Gasteiger charge is -2.33. The lowest BCUT2D eigenvalue weighted by atomic mass is 10.2. The van der Waals surface area contributed by atoms with Crippen molar-refractivity contribution in [2.24, 2.45) is 7.05 Å². The minimum absolute atomic E-state index is 0.0513. The fourth-order valence-corrected chi connectivity index (χ4v) is 5.32. The zero-order valence-electron chi connectivity index (χ0n) is 15.0. The van der Waals surface area contributed by atoms with Crippen molar-refractivity contribution in [1.82, 2.24) is 19.0 Å². The van der Waals surface area contributed by atoms with Crippen LogP contribution in [0, 0.1) is 17.0 Å². The summed E-state index contributed by atoms with van der Waals surface area (Å²) in [6.45, 7) is 3.85. The number of nitrogens with zero attached hydrogens (tertiary/aromatic N) is 5. The number of non-ortho nitro benzene ring substituents is 1. The van der Waals surface area contributed by atoms with Crippen LogP contribution in [0.2, 0.25) is 5.15 Å². The Balaban J connectivity index is 1.68. The largest absolute Gasteiger partial charge is 0.296 e. The van der Waals surface area contributed by atoms with E-state index in [4.69, 9.17) is 11.6 Å². The van der Waals surface area contributed by atoms with E-state index in [2.05, 4.69) is 10.00 Å². The van der Waals surface area contributed by atoms with Crippen molar-refractivity contribution >= 4 is 27.3 Å². The van der Waals surface area contributed by atoms with Crippen LogP contribution in [0.1, 0.15) is 11.3 Å². The molecule has 2 aromatic rings. The quantitative estimate of drug-likeness (QED) is 0.547. The molecule has 1 aromatic carbocycles. The van der Waals surface area contributed by atoms with Gasteiger partial charge in [-0.3, -0.25) is 19.7 Å². The van der Waals surface area contributed by atoms with Gasteiger partial charge in [-0.1, -0.05) is 23.7 Å². The Morgan fingerprint density at radius 2 is 1.93 bits per heavy atom. The first kappa shape index (κ1) is 19.7. The van der Waals surface area contributed by atoms with Crippen molar-refractivity contribution in [3.63, 3.8) is 0 Å². The Morgan fingerprint density at radius 1 is 1.26 bits per heavy atom. The minimum atomic E-state index is -3.71.